The summed E-state index contributed by atoms with van der Waals surface area (Å²) in [5.74, 6) is 1.15. The Hall–Kier alpha value is -2.06. The summed E-state index contributed by atoms with van der Waals surface area (Å²) in [5, 5.41) is 0. The van der Waals surface area contributed by atoms with Crippen molar-refractivity contribution < 1.29 is 22.7 Å². The standard InChI is InChI=1S/C19H26N2O5S/c1-25-16-7-8-17(26-2)18(14-16)27(23,24)21-11-9-20(10-12-21)19(22)13-15-5-3-4-6-15/h3,5,7-8,14-15H,4,6,9-13H2,1-2H3/t15-/m0/s1. The normalized spacial score (nSPS) is 20.7. The van der Waals surface area contributed by atoms with E-state index < -0.39 is 10.0 Å². The van der Waals surface area contributed by atoms with Gasteiger partial charge in [-0.05, 0) is 30.9 Å². The lowest BCUT2D eigenvalue weighted by atomic mass is 10.0. The number of hydrogen-bond acceptors (Lipinski definition) is 5. The van der Waals surface area contributed by atoms with Crippen molar-refractivity contribution in [1.82, 2.24) is 9.21 Å². The topological polar surface area (TPSA) is 76.2 Å². The molecule has 1 aromatic carbocycles. The molecule has 0 radical (unpaired) electrons. The van der Waals surface area contributed by atoms with E-state index in [1.165, 1.54) is 24.6 Å². The van der Waals surface area contributed by atoms with Crippen LogP contribution >= 0.6 is 0 Å². The Balaban J connectivity index is 1.68. The number of piperazine rings is 1. The number of sulfonamides is 1. The van der Waals surface area contributed by atoms with Gasteiger partial charge in [-0.25, -0.2) is 8.42 Å². The summed E-state index contributed by atoms with van der Waals surface area (Å²) in [4.78, 5) is 14.3. The summed E-state index contributed by atoms with van der Waals surface area (Å²) in [6, 6.07) is 4.71. The van der Waals surface area contributed by atoms with Crippen LogP contribution in [-0.2, 0) is 14.8 Å². The lowest BCUT2D eigenvalue weighted by Gasteiger charge is -2.34. The van der Waals surface area contributed by atoms with Crippen molar-refractivity contribution in [3.8, 4) is 11.5 Å². The molecule has 7 nitrogen and oxygen atoms in total. The number of amides is 1. The number of carbonyl (C=O) groups is 1. The van der Waals surface area contributed by atoms with Gasteiger partial charge in [-0.3, -0.25) is 4.79 Å². The average molecular weight is 394 g/mol. The summed E-state index contributed by atoms with van der Waals surface area (Å²) < 4.78 is 37.9. The molecule has 2 aliphatic rings. The van der Waals surface area contributed by atoms with Crippen molar-refractivity contribution in [3.63, 3.8) is 0 Å². The molecule has 27 heavy (non-hydrogen) atoms. The van der Waals surface area contributed by atoms with Gasteiger partial charge >= 0.3 is 0 Å². The zero-order chi connectivity index (χ0) is 19.4. The van der Waals surface area contributed by atoms with Gasteiger partial charge < -0.3 is 14.4 Å². The number of rotatable bonds is 6. The van der Waals surface area contributed by atoms with Crippen molar-refractivity contribution in [2.75, 3.05) is 40.4 Å². The van der Waals surface area contributed by atoms with E-state index in [0.29, 0.717) is 31.2 Å². The minimum Gasteiger partial charge on any atom is -0.497 e. The molecule has 1 atom stereocenters. The van der Waals surface area contributed by atoms with Crippen molar-refractivity contribution in [3.05, 3.63) is 30.4 Å². The molecule has 0 saturated carbocycles. The minimum absolute atomic E-state index is 0.0835. The van der Waals surface area contributed by atoms with Gasteiger partial charge in [0.2, 0.25) is 15.9 Å². The van der Waals surface area contributed by atoms with Crippen molar-refractivity contribution >= 4 is 15.9 Å². The number of benzene rings is 1. The number of hydrogen-bond donors (Lipinski definition) is 0. The summed E-state index contributed by atoms with van der Waals surface area (Å²) in [5.41, 5.74) is 0. The Bertz CT molecular complexity index is 813. The largest absolute Gasteiger partial charge is 0.497 e. The zero-order valence-electron chi connectivity index (χ0n) is 15.8. The Kier molecular flexibility index (Phi) is 6.06. The maximum Gasteiger partial charge on any atom is 0.247 e. The first kappa shape index (κ1) is 19.7. The van der Waals surface area contributed by atoms with E-state index in [9.17, 15) is 13.2 Å². The van der Waals surface area contributed by atoms with Crippen LogP contribution in [0, 0.1) is 5.92 Å². The molecule has 1 saturated heterocycles. The highest BCUT2D eigenvalue weighted by atomic mass is 32.2. The second-order valence-corrected chi connectivity index (χ2v) is 8.68. The van der Waals surface area contributed by atoms with Gasteiger partial charge in [-0.15, -0.1) is 0 Å². The molecule has 1 aliphatic carbocycles. The molecule has 0 spiro atoms. The van der Waals surface area contributed by atoms with E-state index >= 15 is 0 Å². The monoisotopic (exact) mass is 394 g/mol. The first-order chi connectivity index (χ1) is 13.0. The quantitative estimate of drug-likeness (QED) is 0.689. The second kappa shape index (κ2) is 8.31. The minimum atomic E-state index is -3.73. The summed E-state index contributed by atoms with van der Waals surface area (Å²) >= 11 is 0. The number of carbonyl (C=O) groups excluding carboxylic acids is 1. The molecule has 0 N–H and O–H groups in total. The number of ether oxygens (including phenoxy) is 2. The van der Waals surface area contributed by atoms with E-state index in [1.807, 2.05) is 0 Å². The molecular formula is C19H26N2O5S. The van der Waals surface area contributed by atoms with E-state index in [0.717, 1.165) is 12.8 Å². The van der Waals surface area contributed by atoms with Crippen LogP contribution < -0.4 is 9.47 Å². The highest BCUT2D eigenvalue weighted by Crippen LogP contribution is 2.31. The van der Waals surface area contributed by atoms with Crippen LogP contribution in [0.2, 0.25) is 0 Å². The van der Waals surface area contributed by atoms with E-state index in [4.69, 9.17) is 9.47 Å². The second-order valence-electron chi connectivity index (χ2n) is 6.77. The molecule has 0 unspecified atom stereocenters. The molecule has 8 heteroatoms. The van der Waals surface area contributed by atoms with Crippen molar-refractivity contribution in [2.45, 2.75) is 24.2 Å². The van der Waals surface area contributed by atoms with Gasteiger partial charge in [0.1, 0.15) is 16.4 Å². The molecule has 1 fully saturated rings. The molecule has 148 valence electrons. The molecule has 1 aliphatic heterocycles. The predicted octanol–water partition coefficient (Wildman–Crippen LogP) is 1.89. The maximum atomic E-state index is 13.1. The summed E-state index contributed by atoms with van der Waals surface area (Å²) in [6.07, 6.45) is 6.78. The van der Waals surface area contributed by atoms with Crippen LogP contribution in [0.15, 0.2) is 35.2 Å². The Labute approximate surface area is 160 Å². The zero-order valence-corrected chi connectivity index (χ0v) is 16.6. The first-order valence-corrected chi connectivity index (χ1v) is 10.6. The molecule has 0 aromatic heterocycles. The van der Waals surface area contributed by atoms with Gasteiger partial charge in [-0.2, -0.15) is 4.31 Å². The van der Waals surface area contributed by atoms with Crippen molar-refractivity contribution in [2.24, 2.45) is 5.92 Å². The lowest BCUT2D eigenvalue weighted by molar-refractivity contribution is -0.133. The van der Waals surface area contributed by atoms with Crippen molar-refractivity contribution in [1.29, 1.82) is 0 Å². The molecular weight excluding hydrogens is 368 g/mol. The van der Waals surface area contributed by atoms with Crippen LogP contribution in [-0.4, -0.2) is 63.9 Å². The van der Waals surface area contributed by atoms with Gasteiger partial charge in [0, 0.05) is 38.7 Å². The summed E-state index contributed by atoms with van der Waals surface area (Å²) in [7, 11) is -0.802. The highest BCUT2D eigenvalue weighted by Gasteiger charge is 2.32. The third-order valence-electron chi connectivity index (χ3n) is 5.13. The van der Waals surface area contributed by atoms with Gasteiger partial charge in [-0.1, -0.05) is 12.2 Å². The molecule has 0 bridgehead atoms. The van der Waals surface area contributed by atoms with Gasteiger partial charge in [0.05, 0.1) is 14.2 Å². The Morgan fingerprint density at radius 1 is 1.15 bits per heavy atom. The number of nitrogens with zero attached hydrogens (tertiary/aromatic N) is 2. The third kappa shape index (κ3) is 4.27. The lowest BCUT2D eigenvalue weighted by Crippen LogP contribution is -2.50. The maximum absolute atomic E-state index is 13.1. The van der Waals surface area contributed by atoms with Crippen LogP contribution in [0.4, 0.5) is 0 Å². The fraction of sp³-hybridized carbons (Fsp3) is 0.526. The molecule has 1 aromatic rings. The fourth-order valence-corrected chi connectivity index (χ4v) is 5.11. The van der Waals surface area contributed by atoms with Gasteiger partial charge in [0.25, 0.3) is 0 Å². The fourth-order valence-electron chi connectivity index (χ4n) is 3.52. The van der Waals surface area contributed by atoms with Crippen LogP contribution in [0.5, 0.6) is 11.5 Å². The molecule has 3 rings (SSSR count). The van der Waals surface area contributed by atoms with Gasteiger partial charge in [0.15, 0.2) is 0 Å². The molecule has 1 heterocycles. The van der Waals surface area contributed by atoms with E-state index in [1.54, 1.807) is 17.0 Å². The SMILES string of the molecule is COc1ccc(OC)c(S(=O)(=O)N2CCN(C(=O)C[C@H]3C=CCC3)CC2)c1. The Morgan fingerprint density at radius 3 is 2.48 bits per heavy atom. The predicted molar refractivity (Wildman–Crippen MR) is 101 cm³/mol. The number of methoxy groups -OCH3 is 2. The van der Waals surface area contributed by atoms with Crippen LogP contribution in [0.1, 0.15) is 19.3 Å². The Morgan fingerprint density at radius 2 is 1.89 bits per heavy atom. The third-order valence-corrected chi connectivity index (χ3v) is 7.05. The van der Waals surface area contributed by atoms with Crippen LogP contribution in [0.25, 0.3) is 0 Å². The molecule has 1 amide bonds. The number of allylic oxidation sites excluding steroid dienone is 2. The smallest absolute Gasteiger partial charge is 0.247 e. The first-order valence-electron chi connectivity index (χ1n) is 9.12. The average Bonchev–Trinajstić information content (AvgIpc) is 3.20. The van der Waals surface area contributed by atoms with E-state index in [2.05, 4.69) is 12.2 Å². The van der Waals surface area contributed by atoms with E-state index in [-0.39, 0.29) is 29.6 Å². The van der Waals surface area contributed by atoms with Crippen LogP contribution in [0.3, 0.4) is 0 Å². The summed E-state index contributed by atoms with van der Waals surface area (Å²) in [6.45, 7) is 1.35. The highest BCUT2D eigenvalue weighted by molar-refractivity contribution is 7.89.